The summed E-state index contributed by atoms with van der Waals surface area (Å²) in [5.41, 5.74) is 7.62. The molecule has 3 aromatic carbocycles. The van der Waals surface area contributed by atoms with E-state index in [4.69, 9.17) is 16.2 Å². The molecule has 38 heavy (non-hydrogen) atoms. The van der Waals surface area contributed by atoms with Gasteiger partial charge in [0.25, 0.3) is 11.8 Å². The van der Waals surface area contributed by atoms with Crippen LogP contribution in [0.1, 0.15) is 56.0 Å². The molecule has 0 aliphatic heterocycles. The van der Waals surface area contributed by atoms with Gasteiger partial charge in [0, 0.05) is 34.5 Å². The van der Waals surface area contributed by atoms with Crippen LogP contribution in [0, 0.1) is 23.2 Å². The number of hydrogen-bond donors (Lipinski definition) is 6. The van der Waals surface area contributed by atoms with Gasteiger partial charge < -0.3 is 26.6 Å². The third-order valence-electron chi connectivity index (χ3n) is 5.50. The minimum absolute atomic E-state index is 0.108. The third kappa shape index (κ3) is 6.84. The van der Waals surface area contributed by atoms with Crippen LogP contribution in [0.5, 0.6) is 0 Å². The molecule has 0 aliphatic carbocycles. The quantitative estimate of drug-likeness (QED) is 0.154. The molecule has 0 fully saturated rings. The van der Waals surface area contributed by atoms with E-state index in [1.54, 1.807) is 36.4 Å². The number of hydrogen-bond acceptors (Lipinski definition) is 5. The fourth-order valence-corrected chi connectivity index (χ4v) is 3.61. The topological polar surface area (TPSA) is 166 Å². The summed E-state index contributed by atoms with van der Waals surface area (Å²) in [5.74, 6) is 3.22. The van der Waals surface area contributed by atoms with Crippen LogP contribution < -0.4 is 16.4 Å². The number of aliphatic hydroxyl groups is 1. The monoisotopic (exact) mass is 512 g/mol. The zero-order valence-corrected chi connectivity index (χ0v) is 21.0. The summed E-state index contributed by atoms with van der Waals surface area (Å²) >= 11 is 0. The lowest BCUT2D eigenvalue weighted by Gasteiger charge is -2.15. The molecular formula is C29H28N4O5. The van der Waals surface area contributed by atoms with E-state index < -0.39 is 17.8 Å². The van der Waals surface area contributed by atoms with Gasteiger partial charge in [0.05, 0.1) is 5.56 Å². The molecule has 0 saturated heterocycles. The summed E-state index contributed by atoms with van der Waals surface area (Å²) in [6.07, 6.45) is 0. The van der Waals surface area contributed by atoms with Crippen LogP contribution in [0.25, 0.3) is 11.1 Å². The first-order chi connectivity index (χ1) is 18.1. The lowest BCUT2D eigenvalue weighted by atomic mass is 9.92. The molecular weight excluding hydrogens is 484 g/mol. The van der Waals surface area contributed by atoms with Gasteiger partial charge >= 0.3 is 5.97 Å². The number of carbonyl (C=O) groups excluding carboxylic acids is 2. The summed E-state index contributed by atoms with van der Waals surface area (Å²) in [5, 5.41) is 32.0. The Labute approximate surface area is 220 Å². The molecule has 0 saturated carbocycles. The molecule has 7 N–H and O–H groups in total. The Bertz CT molecular complexity index is 1450. The molecule has 0 aromatic heterocycles. The predicted molar refractivity (Wildman–Crippen MR) is 145 cm³/mol. The highest BCUT2D eigenvalue weighted by Crippen LogP contribution is 2.30. The minimum atomic E-state index is -1.26. The molecule has 0 atom stereocenters. The molecule has 9 heteroatoms. The van der Waals surface area contributed by atoms with Crippen LogP contribution in [0.2, 0.25) is 0 Å². The maximum Gasteiger partial charge on any atom is 0.336 e. The highest BCUT2D eigenvalue weighted by Gasteiger charge is 2.21. The molecule has 0 spiro atoms. The zero-order chi connectivity index (χ0) is 27.8. The number of carboxylic acid groups (broad SMARTS) is 1. The first-order valence-corrected chi connectivity index (χ1v) is 11.8. The molecule has 0 bridgehead atoms. The van der Waals surface area contributed by atoms with Crippen molar-refractivity contribution in [2.24, 2.45) is 11.7 Å². The van der Waals surface area contributed by atoms with Crippen molar-refractivity contribution in [3.63, 3.8) is 0 Å². The second-order valence-corrected chi connectivity index (χ2v) is 8.83. The molecule has 2 amide bonds. The number of amidine groups is 1. The number of amides is 2. The van der Waals surface area contributed by atoms with Crippen LogP contribution in [0.15, 0.2) is 60.7 Å². The number of nitrogens with one attached hydrogen (secondary N) is 3. The van der Waals surface area contributed by atoms with Crippen LogP contribution in [0.3, 0.4) is 0 Å². The van der Waals surface area contributed by atoms with Gasteiger partial charge in [-0.15, -0.1) is 0 Å². The second-order valence-electron chi connectivity index (χ2n) is 8.83. The van der Waals surface area contributed by atoms with E-state index in [1.165, 1.54) is 24.3 Å². The van der Waals surface area contributed by atoms with E-state index in [2.05, 4.69) is 22.5 Å². The molecule has 0 aliphatic rings. The van der Waals surface area contributed by atoms with Crippen LogP contribution in [0.4, 0.5) is 5.69 Å². The van der Waals surface area contributed by atoms with Gasteiger partial charge in [-0.25, -0.2) is 4.79 Å². The molecule has 3 aromatic rings. The van der Waals surface area contributed by atoms with Crippen molar-refractivity contribution in [3.05, 3.63) is 88.5 Å². The maximum atomic E-state index is 13.4. The third-order valence-corrected chi connectivity index (χ3v) is 5.50. The van der Waals surface area contributed by atoms with E-state index in [0.717, 1.165) is 0 Å². The Morgan fingerprint density at radius 3 is 2.16 bits per heavy atom. The van der Waals surface area contributed by atoms with Crippen molar-refractivity contribution in [3.8, 4) is 23.0 Å². The van der Waals surface area contributed by atoms with Crippen LogP contribution >= 0.6 is 0 Å². The molecule has 0 heterocycles. The number of aliphatic hydroxyl groups excluding tert-OH is 1. The van der Waals surface area contributed by atoms with E-state index in [0.29, 0.717) is 28.9 Å². The fourth-order valence-electron chi connectivity index (χ4n) is 3.61. The average Bonchev–Trinajstić information content (AvgIpc) is 2.90. The number of nitrogens with two attached hydrogens (primary N) is 1. The highest BCUT2D eigenvalue weighted by atomic mass is 16.4. The number of aromatic carboxylic acids is 1. The normalized spacial score (nSPS) is 10.3. The zero-order valence-electron chi connectivity index (χ0n) is 21.0. The Hall–Kier alpha value is -4.94. The number of nitrogen functional groups attached to an aromatic ring is 1. The minimum Gasteiger partial charge on any atom is -0.478 e. The lowest BCUT2D eigenvalue weighted by Crippen LogP contribution is -2.27. The van der Waals surface area contributed by atoms with Crippen LogP contribution in [-0.2, 0) is 0 Å². The molecule has 3 rings (SSSR count). The van der Waals surface area contributed by atoms with Gasteiger partial charge in [0.1, 0.15) is 12.4 Å². The summed E-state index contributed by atoms with van der Waals surface area (Å²) < 4.78 is 0. The van der Waals surface area contributed by atoms with E-state index in [-0.39, 0.29) is 40.6 Å². The van der Waals surface area contributed by atoms with Gasteiger partial charge in [0.2, 0.25) is 0 Å². The van der Waals surface area contributed by atoms with E-state index >= 15 is 0 Å². The van der Waals surface area contributed by atoms with Crippen molar-refractivity contribution in [1.29, 1.82) is 5.41 Å². The summed E-state index contributed by atoms with van der Waals surface area (Å²) in [4.78, 5) is 38.1. The molecule has 194 valence electrons. The average molecular weight is 513 g/mol. The summed E-state index contributed by atoms with van der Waals surface area (Å²) in [6, 6.07) is 15.4. The number of carboxylic acids is 1. The lowest BCUT2D eigenvalue weighted by molar-refractivity contribution is 0.0697. The van der Waals surface area contributed by atoms with Gasteiger partial charge in [-0.2, -0.15) is 0 Å². The van der Waals surface area contributed by atoms with E-state index in [1.807, 2.05) is 13.8 Å². The standard InChI is InChI=1S/C29H28N4O5/c1-17(2)16-32-27(35)20-8-12-23(25(15-20)29(37)38)22-11-5-18(4-3-13-34)14-24(22)28(36)33-21-9-6-19(7-10-21)26(30)31/h5-12,14-15,17,34H,13,16H2,1-2H3,(H3,30,31)(H,32,35)(H,33,36)(H,37,38). The Kier molecular flexibility index (Phi) is 8.98. The van der Waals surface area contributed by atoms with Crippen molar-refractivity contribution in [1.82, 2.24) is 5.32 Å². The molecule has 9 nitrogen and oxygen atoms in total. The Morgan fingerprint density at radius 1 is 0.921 bits per heavy atom. The largest absolute Gasteiger partial charge is 0.478 e. The first-order valence-electron chi connectivity index (χ1n) is 11.8. The smallest absolute Gasteiger partial charge is 0.336 e. The fraction of sp³-hybridized carbons (Fsp3) is 0.172. The van der Waals surface area contributed by atoms with Crippen molar-refractivity contribution in [2.75, 3.05) is 18.5 Å². The molecule has 0 radical (unpaired) electrons. The van der Waals surface area contributed by atoms with Crippen LogP contribution in [-0.4, -0.2) is 47.0 Å². The SMILES string of the molecule is CC(C)CNC(=O)c1ccc(-c2ccc(C#CCO)cc2C(=O)Nc2ccc(C(=N)N)cc2)c(C(=O)O)c1. The highest BCUT2D eigenvalue weighted by molar-refractivity contribution is 6.11. The van der Waals surface area contributed by atoms with Crippen molar-refractivity contribution < 1.29 is 24.6 Å². The number of rotatable bonds is 8. The Morgan fingerprint density at radius 2 is 1.55 bits per heavy atom. The number of anilines is 1. The second kappa shape index (κ2) is 12.3. The first kappa shape index (κ1) is 27.6. The number of carbonyl (C=O) groups is 3. The van der Waals surface area contributed by atoms with Crippen molar-refractivity contribution >= 4 is 29.3 Å². The summed E-state index contributed by atoms with van der Waals surface area (Å²) in [6.45, 7) is 3.97. The predicted octanol–water partition coefficient (Wildman–Crippen LogP) is 3.32. The maximum absolute atomic E-state index is 13.4. The number of benzene rings is 3. The van der Waals surface area contributed by atoms with Gasteiger partial charge in [-0.3, -0.25) is 15.0 Å². The molecule has 0 unspecified atom stereocenters. The van der Waals surface area contributed by atoms with Gasteiger partial charge in [-0.05, 0) is 65.6 Å². The summed E-state index contributed by atoms with van der Waals surface area (Å²) in [7, 11) is 0. The Balaban J connectivity index is 2.07. The van der Waals surface area contributed by atoms with Crippen molar-refractivity contribution in [2.45, 2.75) is 13.8 Å². The van der Waals surface area contributed by atoms with Gasteiger partial charge in [-0.1, -0.05) is 37.8 Å². The van der Waals surface area contributed by atoms with E-state index in [9.17, 15) is 19.5 Å². The van der Waals surface area contributed by atoms with Gasteiger partial charge in [0.15, 0.2) is 0 Å².